The van der Waals surface area contributed by atoms with Crippen LogP contribution in [0.5, 0.6) is 0 Å². The zero-order chi connectivity index (χ0) is 7.68. The summed E-state index contributed by atoms with van der Waals surface area (Å²) in [5.41, 5.74) is 0. The molecule has 0 aromatic heterocycles. The zero-order valence-electron chi connectivity index (χ0n) is 6.62. The molecular weight excluding hydrogens is 140 g/mol. The fourth-order valence-corrected chi connectivity index (χ4v) is 1.99. The predicted molar refractivity (Wildman–Crippen MR) is 41.4 cm³/mol. The summed E-state index contributed by atoms with van der Waals surface area (Å²) in [6.07, 6.45) is 4.96. The van der Waals surface area contributed by atoms with Crippen LogP contribution in [0.15, 0.2) is 0 Å². The van der Waals surface area contributed by atoms with E-state index in [0.29, 0.717) is 6.04 Å². The van der Waals surface area contributed by atoms with Gasteiger partial charge in [0.15, 0.2) is 0 Å². The van der Waals surface area contributed by atoms with Crippen LogP contribution in [0.3, 0.4) is 0 Å². The van der Waals surface area contributed by atoms with Gasteiger partial charge < -0.3 is 4.90 Å². The summed E-state index contributed by atoms with van der Waals surface area (Å²) in [5, 5.41) is 3.85. The molecule has 1 aliphatic heterocycles. The maximum atomic E-state index is 11.1. The maximum absolute atomic E-state index is 11.1. The number of urea groups is 1. The molecule has 2 fully saturated rings. The van der Waals surface area contributed by atoms with Gasteiger partial charge in [0.05, 0.1) is 6.54 Å². The van der Waals surface area contributed by atoms with Gasteiger partial charge in [0.1, 0.15) is 0 Å². The van der Waals surface area contributed by atoms with Crippen molar-refractivity contribution in [1.29, 1.82) is 0 Å². The standard InChI is InChI=1S/C8H13N2O/c11-8-9-5-6-10(8)7-3-1-2-4-7/h7H,1-6H2. The average molecular weight is 153 g/mol. The molecule has 11 heavy (non-hydrogen) atoms. The van der Waals surface area contributed by atoms with Crippen molar-refractivity contribution in [2.24, 2.45) is 0 Å². The van der Waals surface area contributed by atoms with E-state index in [2.05, 4.69) is 5.32 Å². The minimum atomic E-state index is 0.0249. The number of rotatable bonds is 1. The van der Waals surface area contributed by atoms with Crippen LogP contribution in [-0.4, -0.2) is 30.1 Å². The van der Waals surface area contributed by atoms with E-state index in [1.54, 1.807) is 0 Å². The quantitative estimate of drug-likeness (QED) is 0.552. The molecule has 1 saturated carbocycles. The summed E-state index contributed by atoms with van der Waals surface area (Å²) < 4.78 is 0. The molecule has 2 amide bonds. The van der Waals surface area contributed by atoms with Crippen LogP contribution in [0.1, 0.15) is 25.7 Å². The van der Waals surface area contributed by atoms with Gasteiger partial charge in [0, 0.05) is 12.6 Å². The van der Waals surface area contributed by atoms with Gasteiger partial charge in [-0.25, -0.2) is 10.1 Å². The number of hydrogen-bond donors (Lipinski definition) is 0. The van der Waals surface area contributed by atoms with Gasteiger partial charge in [-0.05, 0) is 12.8 Å². The Balaban J connectivity index is 1.97. The van der Waals surface area contributed by atoms with E-state index in [4.69, 9.17) is 0 Å². The van der Waals surface area contributed by atoms with Crippen LogP contribution < -0.4 is 5.32 Å². The van der Waals surface area contributed by atoms with Crippen LogP contribution in [0.25, 0.3) is 0 Å². The van der Waals surface area contributed by atoms with E-state index in [1.165, 1.54) is 25.7 Å². The monoisotopic (exact) mass is 153 g/mol. The second kappa shape index (κ2) is 2.72. The van der Waals surface area contributed by atoms with Gasteiger partial charge in [0.2, 0.25) is 0 Å². The highest BCUT2D eigenvalue weighted by Gasteiger charge is 2.30. The Morgan fingerprint density at radius 1 is 1.36 bits per heavy atom. The SMILES string of the molecule is O=C1[N]CCN1C1CCCC1. The minimum Gasteiger partial charge on any atom is -0.318 e. The first-order valence-electron chi connectivity index (χ1n) is 4.36. The molecule has 0 atom stereocenters. The second-order valence-corrected chi connectivity index (χ2v) is 3.30. The van der Waals surface area contributed by atoms with Gasteiger partial charge in [-0.3, -0.25) is 0 Å². The van der Waals surface area contributed by atoms with Crippen molar-refractivity contribution in [3.8, 4) is 0 Å². The summed E-state index contributed by atoms with van der Waals surface area (Å²) in [6.45, 7) is 1.58. The molecule has 61 valence electrons. The second-order valence-electron chi connectivity index (χ2n) is 3.30. The predicted octanol–water partition coefficient (Wildman–Crippen LogP) is 0.969. The molecule has 1 saturated heterocycles. The van der Waals surface area contributed by atoms with Gasteiger partial charge >= 0.3 is 6.03 Å². The van der Waals surface area contributed by atoms with Crippen molar-refractivity contribution in [2.45, 2.75) is 31.7 Å². The summed E-state index contributed by atoms with van der Waals surface area (Å²) >= 11 is 0. The Morgan fingerprint density at radius 2 is 2.09 bits per heavy atom. The summed E-state index contributed by atoms with van der Waals surface area (Å²) in [7, 11) is 0. The molecule has 2 aliphatic rings. The Kier molecular flexibility index (Phi) is 1.72. The maximum Gasteiger partial charge on any atom is 0.339 e. The highest BCUT2D eigenvalue weighted by molar-refractivity contribution is 5.76. The van der Waals surface area contributed by atoms with Crippen molar-refractivity contribution in [3.05, 3.63) is 0 Å². The molecule has 0 unspecified atom stereocenters. The smallest absolute Gasteiger partial charge is 0.318 e. The van der Waals surface area contributed by atoms with Crippen LogP contribution in [-0.2, 0) is 0 Å². The highest BCUT2D eigenvalue weighted by Crippen LogP contribution is 2.24. The minimum absolute atomic E-state index is 0.0249. The number of hydrogen-bond acceptors (Lipinski definition) is 1. The lowest BCUT2D eigenvalue weighted by atomic mass is 10.2. The lowest BCUT2D eigenvalue weighted by Crippen LogP contribution is -2.34. The average Bonchev–Trinajstić information content (AvgIpc) is 2.55. The summed E-state index contributed by atoms with van der Waals surface area (Å²) in [6, 6.07) is 0.547. The molecule has 3 heteroatoms. The molecule has 0 N–H and O–H groups in total. The zero-order valence-corrected chi connectivity index (χ0v) is 6.62. The molecule has 1 heterocycles. The molecule has 0 spiro atoms. The molecule has 3 nitrogen and oxygen atoms in total. The van der Waals surface area contributed by atoms with Crippen LogP contribution >= 0.6 is 0 Å². The highest BCUT2D eigenvalue weighted by atomic mass is 16.2. The normalized spacial score (nSPS) is 26.2. The van der Waals surface area contributed by atoms with Crippen LogP contribution in [0.2, 0.25) is 0 Å². The number of carbonyl (C=O) groups is 1. The molecule has 0 bridgehead atoms. The van der Waals surface area contributed by atoms with Gasteiger partial charge in [-0.15, -0.1) is 0 Å². The van der Waals surface area contributed by atoms with E-state index in [9.17, 15) is 4.79 Å². The third-order valence-electron chi connectivity index (χ3n) is 2.60. The summed E-state index contributed by atoms with van der Waals surface area (Å²) in [4.78, 5) is 13.1. The first kappa shape index (κ1) is 6.95. The number of carbonyl (C=O) groups excluding carboxylic acids is 1. The van der Waals surface area contributed by atoms with Crippen molar-refractivity contribution < 1.29 is 4.79 Å². The fourth-order valence-electron chi connectivity index (χ4n) is 1.99. The van der Waals surface area contributed by atoms with Crippen molar-refractivity contribution in [3.63, 3.8) is 0 Å². The van der Waals surface area contributed by atoms with E-state index in [-0.39, 0.29) is 6.03 Å². The Morgan fingerprint density at radius 3 is 2.64 bits per heavy atom. The van der Waals surface area contributed by atoms with Gasteiger partial charge in [0.25, 0.3) is 0 Å². The largest absolute Gasteiger partial charge is 0.339 e. The van der Waals surface area contributed by atoms with E-state index < -0.39 is 0 Å². The van der Waals surface area contributed by atoms with Crippen LogP contribution in [0, 0.1) is 0 Å². The van der Waals surface area contributed by atoms with Crippen molar-refractivity contribution in [1.82, 2.24) is 10.2 Å². The van der Waals surface area contributed by atoms with Gasteiger partial charge in [-0.2, -0.15) is 0 Å². The van der Waals surface area contributed by atoms with Crippen molar-refractivity contribution >= 4 is 6.03 Å². The van der Waals surface area contributed by atoms with Crippen molar-refractivity contribution in [2.75, 3.05) is 13.1 Å². The fraction of sp³-hybridized carbons (Fsp3) is 0.875. The lowest BCUT2D eigenvalue weighted by Gasteiger charge is -2.20. The lowest BCUT2D eigenvalue weighted by molar-refractivity contribution is 0.198. The molecule has 1 aliphatic carbocycles. The Hall–Kier alpha value is -0.730. The van der Waals surface area contributed by atoms with Gasteiger partial charge in [-0.1, -0.05) is 12.8 Å². The third-order valence-corrected chi connectivity index (χ3v) is 2.60. The first-order chi connectivity index (χ1) is 5.38. The molecule has 2 rings (SSSR count). The topological polar surface area (TPSA) is 34.4 Å². The number of nitrogens with zero attached hydrogens (tertiary/aromatic N) is 2. The van der Waals surface area contributed by atoms with E-state index in [1.807, 2.05) is 4.90 Å². The molecule has 0 aromatic rings. The Labute approximate surface area is 66.8 Å². The van der Waals surface area contributed by atoms with Crippen LogP contribution in [0.4, 0.5) is 4.79 Å². The molecular formula is C8H13N2O. The molecule has 1 radical (unpaired) electrons. The number of amides is 2. The molecule has 0 aromatic carbocycles. The Bertz CT molecular complexity index is 163. The summed E-state index contributed by atoms with van der Waals surface area (Å²) in [5.74, 6) is 0. The first-order valence-corrected chi connectivity index (χ1v) is 4.36. The van der Waals surface area contributed by atoms with E-state index in [0.717, 1.165) is 13.1 Å². The third kappa shape index (κ3) is 1.19. The van der Waals surface area contributed by atoms with E-state index >= 15 is 0 Å².